The largest absolute Gasteiger partial charge is 0.454 e. The van der Waals surface area contributed by atoms with Crippen LogP contribution < -0.4 is 5.73 Å². The normalized spacial score (nSPS) is 37.9. The number of aliphatic hydroxyl groups is 1. The van der Waals surface area contributed by atoms with Crippen molar-refractivity contribution in [3.05, 3.63) is 0 Å². The summed E-state index contributed by atoms with van der Waals surface area (Å²) in [5, 5.41) is 10.3. The first-order valence-electron chi connectivity index (χ1n) is 12.5. The highest BCUT2D eigenvalue weighted by Crippen LogP contribution is 2.60. The van der Waals surface area contributed by atoms with Gasteiger partial charge in [0.15, 0.2) is 6.61 Å². The molecule has 182 valence electrons. The number of primary amides is 1. The van der Waals surface area contributed by atoms with E-state index in [0.29, 0.717) is 43.7 Å². The summed E-state index contributed by atoms with van der Waals surface area (Å²) in [5.41, 5.74) is 4.94. The number of β-amino-alcohol motifs (C(OH)–C–C–N with tert-alkyl or cyclic N) is 1. The molecule has 2 aliphatic heterocycles. The zero-order valence-corrected chi connectivity index (χ0v) is 19.1. The Balaban J connectivity index is 1.19. The van der Waals surface area contributed by atoms with E-state index in [2.05, 4.69) is 0 Å². The molecule has 3 amide bonds. The summed E-state index contributed by atoms with van der Waals surface area (Å²) < 4.78 is 5.34. The number of amides is 3. The lowest BCUT2D eigenvalue weighted by Crippen LogP contribution is -2.56. The van der Waals surface area contributed by atoms with E-state index in [4.69, 9.17) is 10.5 Å². The molecule has 0 aromatic heterocycles. The smallest absolute Gasteiger partial charge is 0.329 e. The van der Waals surface area contributed by atoms with Crippen LogP contribution in [0.5, 0.6) is 0 Å². The van der Waals surface area contributed by atoms with Gasteiger partial charge in [-0.3, -0.25) is 14.4 Å². The van der Waals surface area contributed by atoms with Crippen LogP contribution >= 0.6 is 0 Å². The number of esters is 1. The van der Waals surface area contributed by atoms with Gasteiger partial charge in [0, 0.05) is 32.0 Å². The van der Waals surface area contributed by atoms with Crippen molar-refractivity contribution in [2.45, 2.75) is 69.9 Å². The highest BCUT2D eigenvalue weighted by molar-refractivity contribution is 5.90. The maximum atomic E-state index is 13.7. The number of ether oxygens (including phenoxy) is 1. The summed E-state index contributed by atoms with van der Waals surface area (Å²) in [7, 11) is 0. The SMILES string of the molecule is NC(=O)C1CCN(C(=O)COC(=O)[C@H]2C[C@@H](O)CN2C(=O)C23CC4CC(CC(C4)C2)C3)CC1. The van der Waals surface area contributed by atoms with Gasteiger partial charge in [0.1, 0.15) is 6.04 Å². The molecule has 9 nitrogen and oxygen atoms in total. The van der Waals surface area contributed by atoms with E-state index < -0.39 is 30.1 Å². The Hall–Kier alpha value is -2.16. The second-order valence-electron chi connectivity index (χ2n) is 11.2. The average molecular weight is 462 g/mol. The van der Waals surface area contributed by atoms with Crippen LogP contribution in [-0.4, -0.2) is 77.0 Å². The molecule has 4 aliphatic carbocycles. The first-order valence-corrected chi connectivity index (χ1v) is 12.5. The molecular formula is C24H35N3O6. The predicted molar refractivity (Wildman–Crippen MR) is 116 cm³/mol. The molecule has 0 unspecified atom stereocenters. The van der Waals surface area contributed by atoms with Gasteiger partial charge in [-0.2, -0.15) is 0 Å². The topological polar surface area (TPSA) is 130 Å². The van der Waals surface area contributed by atoms with Crippen molar-refractivity contribution >= 4 is 23.7 Å². The third-order valence-corrected chi connectivity index (χ3v) is 8.89. The minimum absolute atomic E-state index is 0.0000458. The van der Waals surface area contributed by atoms with Gasteiger partial charge in [0.05, 0.1) is 11.5 Å². The van der Waals surface area contributed by atoms with Crippen LogP contribution in [0.15, 0.2) is 0 Å². The fraction of sp³-hybridized carbons (Fsp3) is 0.833. The van der Waals surface area contributed by atoms with Crippen LogP contribution in [0.4, 0.5) is 0 Å². The minimum Gasteiger partial charge on any atom is -0.454 e. The molecule has 2 heterocycles. The lowest BCUT2D eigenvalue weighted by molar-refractivity contribution is -0.167. The number of hydrogen-bond donors (Lipinski definition) is 2. The zero-order valence-electron chi connectivity index (χ0n) is 19.1. The summed E-state index contributed by atoms with van der Waals surface area (Å²) in [5.74, 6) is 0.310. The highest BCUT2D eigenvalue weighted by Gasteiger charge is 2.57. The molecule has 0 aromatic carbocycles. The highest BCUT2D eigenvalue weighted by atomic mass is 16.5. The lowest BCUT2D eigenvalue weighted by atomic mass is 9.49. The quantitative estimate of drug-likeness (QED) is 0.571. The van der Waals surface area contributed by atoms with E-state index >= 15 is 0 Å². The Morgan fingerprint density at radius 1 is 0.939 bits per heavy atom. The number of nitrogens with two attached hydrogens (primary N) is 1. The van der Waals surface area contributed by atoms with Crippen molar-refractivity contribution in [1.29, 1.82) is 0 Å². The van der Waals surface area contributed by atoms with Crippen LogP contribution in [0.2, 0.25) is 0 Å². The molecule has 6 fully saturated rings. The van der Waals surface area contributed by atoms with E-state index in [9.17, 15) is 24.3 Å². The molecule has 0 radical (unpaired) electrons. The molecule has 0 aromatic rings. The monoisotopic (exact) mass is 461 g/mol. The molecule has 6 rings (SSSR count). The molecule has 3 N–H and O–H groups in total. The molecule has 33 heavy (non-hydrogen) atoms. The second-order valence-corrected chi connectivity index (χ2v) is 11.2. The Bertz CT molecular complexity index is 801. The number of carbonyl (C=O) groups is 4. The summed E-state index contributed by atoms with van der Waals surface area (Å²) in [6.45, 7) is 0.562. The summed E-state index contributed by atoms with van der Waals surface area (Å²) in [6.07, 6.45) is 6.76. The summed E-state index contributed by atoms with van der Waals surface area (Å²) in [4.78, 5) is 53.6. The van der Waals surface area contributed by atoms with Crippen molar-refractivity contribution in [1.82, 2.24) is 9.80 Å². The molecule has 2 atom stereocenters. The van der Waals surface area contributed by atoms with Gasteiger partial charge in [0.2, 0.25) is 11.8 Å². The molecule has 0 spiro atoms. The minimum atomic E-state index is -0.839. The van der Waals surface area contributed by atoms with Gasteiger partial charge < -0.3 is 25.4 Å². The maximum Gasteiger partial charge on any atom is 0.329 e. The Kier molecular flexibility index (Phi) is 5.87. The van der Waals surface area contributed by atoms with Crippen LogP contribution in [0.3, 0.4) is 0 Å². The number of nitrogens with zero attached hydrogens (tertiary/aromatic N) is 2. The van der Waals surface area contributed by atoms with Gasteiger partial charge in [-0.1, -0.05) is 0 Å². The van der Waals surface area contributed by atoms with Crippen molar-refractivity contribution in [2.75, 3.05) is 26.2 Å². The number of likely N-dealkylation sites (tertiary alicyclic amines) is 2. The zero-order chi connectivity index (χ0) is 23.3. The fourth-order valence-corrected chi connectivity index (χ4v) is 7.67. The van der Waals surface area contributed by atoms with Crippen LogP contribution in [0, 0.1) is 29.1 Å². The van der Waals surface area contributed by atoms with Crippen molar-refractivity contribution in [3.63, 3.8) is 0 Å². The number of rotatable bonds is 5. The van der Waals surface area contributed by atoms with Crippen molar-refractivity contribution in [3.8, 4) is 0 Å². The predicted octanol–water partition coefficient (Wildman–Crippen LogP) is 0.432. The fourth-order valence-electron chi connectivity index (χ4n) is 7.67. The van der Waals surface area contributed by atoms with E-state index in [1.54, 1.807) is 9.80 Å². The molecule has 2 saturated heterocycles. The Labute approximate surface area is 194 Å². The third-order valence-electron chi connectivity index (χ3n) is 8.89. The lowest BCUT2D eigenvalue weighted by Gasteiger charge is -2.56. The third kappa shape index (κ3) is 4.24. The van der Waals surface area contributed by atoms with E-state index in [1.807, 2.05) is 0 Å². The van der Waals surface area contributed by atoms with Gasteiger partial charge in [-0.05, 0) is 69.1 Å². The van der Waals surface area contributed by atoms with Gasteiger partial charge >= 0.3 is 5.97 Å². The number of aliphatic hydroxyl groups excluding tert-OH is 1. The summed E-state index contributed by atoms with van der Waals surface area (Å²) >= 11 is 0. The Morgan fingerprint density at radius 2 is 1.52 bits per heavy atom. The standard InChI is InChI=1S/C24H35N3O6/c25-21(30)17-1-3-26(4-2-17)20(29)13-33-22(31)19-8-18(28)12-27(19)23(32)24-9-14-5-15(10-24)7-16(6-14)11-24/h14-19,28H,1-13H2,(H2,25,30)/t14?,15?,16?,18-,19-,24?/m1/s1. The van der Waals surface area contributed by atoms with Crippen LogP contribution in [-0.2, 0) is 23.9 Å². The van der Waals surface area contributed by atoms with Crippen LogP contribution in [0.25, 0.3) is 0 Å². The van der Waals surface area contributed by atoms with Gasteiger partial charge in [0.25, 0.3) is 5.91 Å². The van der Waals surface area contributed by atoms with Crippen molar-refractivity contribution in [2.24, 2.45) is 34.8 Å². The van der Waals surface area contributed by atoms with E-state index in [-0.39, 0.29) is 36.6 Å². The number of carbonyl (C=O) groups excluding carboxylic acids is 4. The van der Waals surface area contributed by atoms with E-state index in [1.165, 1.54) is 19.3 Å². The average Bonchev–Trinajstić information content (AvgIpc) is 3.17. The second kappa shape index (κ2) is 8.56. The Morgan fingerprint density at radius 3 is 2.06 bits per heavy atom. The number of hydrogen-bond acceptors (Lipinski definition) is 6. The van der Waals surface area contributed by atoms with Crippen molar-refractivity contribution < 1.29 is 29.0 Å². The summed E-state index contributed by atoms with van der Waals surface area (Å²) in [6, 6.07) is -0.839. The molecule has 4 bridgehead atoms. The van der Waals surface area contributed by atoms with Gasteiger partial charge in [-0.15, -0.1) is 0 Å². The molecule has 9 heteroatoms. The van der Waals surface area contributed by atoms with Crippen LogP contribution in [0.1, 0.15) is 57.8 Å². The van der Waals surface area contributed by atoms with E-state index in [0.717, 1.165) is 19.3 Å². The molecule has 6 aliphatic rings. The van der Waals surface area contributed by atoms with Gasteiger partial charge in [-0.25, -0.2) is 4.79 Å². The molecule has 4 saturated carbocycles. The maximum absolute atomic E-state index is 13.7. The number of piperidine rings is 1. The molecular weight excluding hydrogens is 426 g/mol. The first-order chi connectivity index (χ1) is 15.7. The first kappa shape index (κ1) is 22.6.